The van der Waals surface area contributed by atoms with E-state index < -0.39 is 0 Å². The first-order chi connectivity index (χ1) is 8.86. The van der Waals surface area contributed by atoms with E-state index >= 15 is 0 Å². The minimum Gasteiger partial charge on any atom is -0.493 e. The minimum atomic E-state index is 0.767. The van der Waals surface area contributed by atoms with Gasteiger partial charge < -0.3 is 9.47 Å². The summed E-state index contributed by atoms with van der Waals surface area (Å²) in [5.41, 5.74) is 0. The molecule has 0 fully saturated rings. The van der Waals surface area contributed by atoms with Gasteiger partial charge in [0.25, 0.3) is 0 Å². The Labute approximate surface area is 111 Å². The van der Waals surface area contributed by atoms with Gasteiger partial charge in [-0.05, 0) is 25.0 Å². The van der Waals surface area contributed by atoms with E-state index in [1.807, 2.05) is 18.2 Å². The van der Waals surface area contributed by atoms with Gasteiger partial charge in [-0.1, -0.05) is 45.6 Å². The van der Waals surface area contributed by atoms with Crippen LogP contribution in [0.4, 0.5) is 0 Å². The van der Waals surface area contributed by atoms with Crippen LogP contribution in [-0.2, 0) is 0 Å². The molecule has 1 rings (SSSR count). The van der Waals surface area contributed by atoms with E-state index in [0.29, 0.717) is 0 Å². The number of hydrogen-bond donors (Lipinski definition) is 0. The molecule has 18 heavy (non-hydrogen) atoms. The number of unbranched alkanes of at least 4 members (excludes halogenated alkanes) is 4. The van der Waals surface area contributed by atoms with Gasteiger partial charge in [0.15, 0.2) is 0 Å². The standard InChI is InChI=1S/C16H25O2/c1-3-5-7-12-17-15-10-9-11-16(14-15)18-13-8-6-4-2/h9-11H,3-8,12-13H2,1-2H3. The highest BCUT2D eigenvalue weighted by molar-refractivity contribution is 5.31. The van der Waals surface area contributed by atoms with Crippen LogP contribution in [0.3, 0.4) is 0 Å². The molecule has 0 aliphatic heterocycles. The summed E-state index contributed by atoms with van der Waals surface area (Å²) >= 11 is 0. The highest BCUT2D eigenvalue weighted by Gasteiger charge is 1.99. The van der Waals surface area contributed by atoms with E-state index in [2.05, 4.69) is 19.9 Å². The normalized spacial score (nSPS) is 10.3. The third-order valence-corrected chi connectivity index (χ3v) is 2.75. The van der Waals surface area contributed by atoms with E-state index in [0.717, 1.165) is 37.6 Å². The Kier molecular flexibility index (Phi) is 8.11. The molecule has 1 aromatic carbocycles. The average Bonchev–Trinajstić information content (AvgIpc) is 2.40. The van der Waals surface area contributed by atoms with Gasteiger partial charge in [0.2, 0.25) is 0 Å². The van der Waals surface area contributed by atoms with Crippen LogP contribution >= 0.6 is 0 Å². The molecule has 0 saturated carbocycles. The van der Waals surface area contributed by atoms with Crippen molar-refractivity contribution in [1.82, 2.24) is 0 Å². The molecule has 101 valence electrons. The first-order valence-electron chi connectivity index (χ1n) is 7.14. The minimum absolute atomic E-state index is 0.767. The van der Waals surface area contributed by atoms with Crippen LogP contribution in [0.25, 0.3) is 0 Å². The van der Waals surface area contributed by atoms with Gasteiger partial charge in [-0.2, -0.15) is 0 Å². The van der Waals surface area contributed by atoms with Gasteiger partial charge in [-0.3, -0.25) is 0 Å². The van der Waals surface area contributed by atoms with Crippen molar-refractivity contribution in [3.63, 3.8) is 0 Å². The second kappa shape index (κ2) is 9.81. The predicted molar refractivity (Wildman–Crippen MR) is 75.3 cm³/mol. The summed E-state index contributed by atoms with van der Waals surface area (Å²) in [5, 5.41) is 0. The summed E-state index contributed by atoms with van der Waals surface area (Å²) in [7, 11) is 0. The summed E-state index contributed by atoms with van der Waals surface area (Å²) < 4.78 is 11.3. The van der Waals surface area contributed by atoms with Crippen molar-refractivity contribution in [3.05, 3.63) is 24.3 Å². The molecule has 0 N–H and O–H groups in total. The lowest BCUT2D eigenvalue weighted by atomic mass is 10.2. The van der Waals surface area contributed by atoms with Gasteiger partial charge in [0.1, 0.15) is 11.5 Å². The first-order valence-corrected chi connectivity index (χ1v) is 7.14. The predicted octanol–water partition coefficient (Wildman–Crippen LogP) is 4.62. The second-order valence-corrected chi connectivity index (χ2v) is 4.49. The first kappa shape index (κ1) is 14.9. The summed E-state index contributed by atoms with van der Waals surface area (Å²) in [6, 6.07) is 8.98. The molecule has 2 heteroatoms. The Bertz CT molecular complexity index is 282. The van der Waals surface area contributed by atoms with E-state index in [-0.39, 0.29) is 0 Å². The van der Waals surface area contributed by atoms with Gasteiger partial charge >= 0.3 is 0 Å². The zero-order valence-electron chi connectivity index (χ0n) is 11.7. The lowest BCUT2D eigenvalue weighted by Crippen LogP contribution is -1.99. The van der Waals surface area contributed by atoms with Crippen LogP contribution in [0.15, 0.2) is 18.2 Å². The van der Waals surface area contributed by atoms with Gasteiger partial charge in [-0.15, -0.1) is 0 Å². The molecule has 0 amide bonds. The number of rotatable bonds is 10. The molecule has 0 aliphatic carbocycles. The third kappa shape index (κ3) is 6.53. The fourth-order valence-corrected chi connectivity index (χ4v) is 1.66. The van der Waals surface area contributed by atoms with Crippen LogP contribution in [0.1, 0.15) is 52.4 Å². The summed E-state index contributed by atoms with van der Waals surface area (Å²) in [4.78, 5) is 0. The van der Waals surface area contributed by atoms with Crippen LogP contribution in [-0.4, -0.2) is 13.2 Å². The molecule has 2 nitrogen and oxygen atoms in total. The zero-order valence-corrected chi connectivity index (χ0v) is 11.7. The van der Waals surface area contributed by atoms with Crippen LogP contribution < -0.4 is 9.47 Å². The van der Waals surface area contributed by atoms with Crippen LogP contribution in [0, 0.1) is 6.07 Å². The van der Waals surface area contributed by atoms with Crippen molar-refractivity contribution < 1.29 is 9.47 Å². The number of benzene rings is 1. The lowest BCUT2D eigenvalue weighted by Gasteiger charge is -2.08. The fourth-order valence-electron chi connectivity index (χ4n) is 1.66. The molecule has 0 heterocycles. The largest absolute Gasteiger partial charge is 0.493 e. The van der Waals surface area contributed by atoms with Crippen molar-refractivity contribution in [1.29, 1.82) is 0 Å². The molecule has 0 bridgehead atoms. The van der Waals surface area contributed by atoms with Crippen molar-refractivity contribution in [2.75, 3.05) is 13.2 Å². The van der Waals surface area contributed by atoms with Crippen LogP contribution in [0.2, 0.25) is 0 Å². The summed E-state index contributed by atoms with van der Waals surface area (Å²) in [6.45, 7) is 5.92. The topological polar surface area (TPSA) is 18.5 Å². The van der Waals surface area contributed by atoms with E-state index in [4.69, 9.17) is 9.47 Å². The smallest absolute Gasteiger partial charge is 0.131 e. The molecule has 0 unspecified atom stereocenters. The molecule has 0 atom stereocenters. The monoisotopic (exact) mass is 249 g/mol. The molecule has 0 aliphatic rings. The molecule has 1 aromatic rings. The molecular weight excluding hydrogens is 224 g/mol. The maximum Gasteiger partial charge on any atom is 0.131 e. The average molecular weight is 249 g/mol. The van der Waals surface area contributed by atoms with Crippen molar-refractivity contribution in [2.24, 2.45) is 0 Å². The molecule has 1 radical (unpaired) electrons. The Hall–Kier alpha value is -1.18. The molecule has 0 spiro atoms. The number of hydrogen-bond acceptors (Lipinski definition) is 2. The summed E-state index contributed by atoms with van der Waals surface area (Å²) in [6.07, 6.45) is 7.07. The lowest BCUT2D eigenvalue weighted by molar-refractivity contribution is 0.290. The molecule has 0 aromatic heterocycles. The fraction of sp³-hybridized carbons (Fsp3) is 0.625. The van der Waals surface area contributed by atoms with Crippen molar-refractivity contribution in [3.8, 4) is 11.5 Å². The maximum absolute atomic E-state index is 5.64. The summed E-state index contributed by atoms with van der Waals surface area (Å²) in [5.74, 6) is 1.58. The quantitative estimate of drug-likeness (QED) is 0.563. The SMILES string of the molecule is CCCCCOc1[c]c(OCCCCC)ccc1. The van der Waals surface area contributed by atoms with Crippen molar-refractivity contribution >= 4 is 0 Å². The van der Waals surface area contributed by atoms with Gasteiger partial charge in [-0.25, -0.2) is 0 Å². The Morgan fingerprint density at radius 1 is 0.833 bits per heavy atom. The van der Waals surface area contributed by atoms with E-state index in [1.165, 1.54) is 25.7 Å². The zero-order chi connectivity index (χ0) is 13.1. The Morgan fingerprint density at radius 2 is 1.33 bits per heavy atom. The molecule has 0 saturated heterocycles. The maximum atomic E-state index is 5.64. The Balaban J connectivity index is 2.27. The highest BCUT2D eigenvalue weighted by atomic mass is 16.5. The highest BCUT2D eigenvalue weighted by Crippen LogP contribution is 2.19. The Morgan fingerprint density at radius 3 is 1.78 bits per heavy atom. The van der Waals surface area contributed by atoms with Crippen LogP contribution in [0.5, 0.6) is 11.5 Å². The van der Waals surface area contributed by atoms with Gasteiger partial charge in [0, 0.05) is 0 Å². The van der Waals surface area contributed by atoms with E-state index in [9.17, 15) is 0 Å². The van der Waals surface area contributed by atoms with Gasteiger partial charge in [0.05, 0.1) is 19.3 Å². The number of ether oxygens (including phenoxy) is 2. The second-order valence-electron chi connectivity index (χ2n) is 4.49. The molecular formula is C16H25O2. The third-order valence-electron chi connectivity index (χ3n) is 2.75. The van der Waals surface area contributed by atoms with Crippen molar-refractivity contribution in [2.45, 2.75) is 52.4 Å². The van der Waals surface area contributed by atoms with E-state index in [1.54, 1.807) is 0 Å².